The third-order valence-corrected chi connectivity index (χ3v) is 3.71. The van der Waals surface area contributed by atoms with Crippen LogP contribution >= 0.6 is 0 Å². The summed E-state index contributed by atoms with van der Waals surface area (Å²) in [4.78, 5) is 16.4. The van der Waals surface area contributed by atoms with Gasteiger partial charge in [-0.3, -0.25) is 4.98 Å². The molecule has 1 aliphatic carbocycles. The Kier molecular flexibility index (Phi) is 5.40. The van der Waals surface area contributed by atoms with Gasteiger partial charge in [0.05, 0.1) is 5.69 Å². The van der Waals surface area contributed by atoms with E-state index < -0.39 is 5.60 Å². The molecule has 0 radical (unpaired) electrons. The van der Waals surface area contributed by atoms with Gasteiger partial charge in [0.2, 0.25) is 0 Å². The molecule has 1 saturated carbocycles. The Labute approximate surface area is 132 Å². The minimum absolute atomic E-state index is 0.125. The Morgan fingerprint density at radius 1 is 1.32 bits per heavy atom. The van der Waals surface area contributed by atoms with E-state index in [1.54, 1.807) is 0 Å². The summed E-state index contributed by atoms with van der Waals surface area (Å²) in [6.45, 7) is 8.34. The smallest absolute Gasteiger partial charge is 0.407 e. The minimum Gasteiger partial charge on any atom is -0.444 e. The lowest BCUT2D eigenvalue weighted by Gasteiger charge is -2.25. The molecule has 22 heavy (non-hydrogen) atoms. The lowest BCUT2D eigenvalue weighted by molar-refractivity contribution is 0.0498. The van der Waals surface area contributed by atoms with Crippen LogP contribution in [0.1, 0.15) is 51.4 Å². The van der Waals surface area contributed by atoms with Gasteiger partial charge in [0.1, 0.15) is 5.60 Å². The van der Waals surface area contributed by atoms with Gasteiger partial charge < -0.3 is 15.4 Å². The lowest BCUT2D eigenvalue weighted by Crippen LogP contribution is -2.47. The largest absolute Gasteiger partial charge is 0.444 e. The van der Waals surface area contributed by atoms with Gasteiger partial charge in [0, 0.05) is 24.3 Å². The number of hydrogen-bond donors (Lipinski definition) is 2. The van der Waals surface area contributed by atoms with Crippen molar-refractivity contribution in [2.75, 3.05) is 0 Å². The maximum absolute atomic E-state index is 11.9. The Morgan fingerprint density at radius 3 is 2.73 bits per heavy atom. The van der Waals surface area contributed by atoms with Crippen LogP contribution < -0.4 is 10.6 Å². The molecule has 122 valence electrons. The van der Waals surface area contributed by atoms with Crippen LogP contribution in [-0.2, 0) is 11.3 Å². The zero-order valence-corrected chi connectivity index (χ0v) is 14.0. The zero-order valence-electron chi connectivity index (χ0n) is 14.0. The standard InChI is InChI=1S/C17H27N3O2/c1-12-7-5-8-13(19-12)11-18-14-9-6-10-15(14)20-16(21)22-17(2,3)4/h5,7-8,14-15,18H,6,9-11H2,1-4H3,(H,20,21). The Hall–Kier alpha value is -1.62. The molecule has 1 amide bonds. The summed E-state index contributed by atoms with van der Waals surface area (Å²) in [7, 11) is 0. The highest BCUT2D eigenvalue weighted by molar-refractivity contribution is 5.68. The van der Waals surface area contributed by atoms with Crippen molar-refractivity contribution in [2.24, 2.45) is 0 Å². The molecule has 1 fully saturated rings. The fraction of sp³-hybridized carbons (Fsp3) is 0.647. The number of amides is 1. The predicted octanol–water partition coefficient (Wildman–Crippen LogP) is 2.93. The summed E-state index contributed by atoms with van der Waals surface area (Å²) < 4.78 is 5.34. The minimum atomic E-state index is -0.461. The van der Waals surface area contributed by atoms with Gasteiger partial charge in [-0.15, -0.1) is 0 Å². The van der Waals surface area contributed by atoms with Gasteiger partial charge in [0.15, 0.2) is 0 Å². The third-order valence-electron chi connectivity index (χ3n) is 3.71. The van der Waals surface area contributed by atoms with Crippen LogP contribution in [0, 0.1) is 6.92 Å². The number of hydrogen-bond acceptors (Lipinski definition) is 4. The molecule has 0 aromatic carbocycles. The van der Waals surface area contributed by atoms with Gasteiger partial charge in [0.25, 0.3) is 0 Å². The average molecular weight is 305 g/mol. The molecule has 0 spiro atoms. The number of aromatic nitrogens is 1. The highest BCUT2D eigenvalue weighted by atomic mass is 16.6. The van der Waals surface area contributed by atoms with Crippen molar-refractivity contribution in [1.29, 1.82) is 0 Å². The van der Waals surface area contributed by atoms with Crippen molar-refractivity contribution >= 4 is 6.09 Å². The monoisotopic (exact) mass is 305 g/mol. The fourth-order valence-electron chi connectivity index (χ4n) is 2.77. The fourth-order valence-corrected chi connectivity index (χ4v) is 2.77. The highest BCUT2D eigenvalue weighted by Crippen LogP contribution is 2.20. The number of pyridine rings is 1. The summed E-state index contributed by atoms with van der Waals surface area (Å²) in [6, 6.07) is 6.43. The van der Waals surface area contributed by atoms with E-state index in [2.05, 4.69) is 15.6 Å². The number of nitrogens with one attached hydrogen (secondary N) is 2. The number of rotatable bonds is 4. The number of ether oxygens (including phenoxy) is 1. The number of aryl methyl sites for hydroxylation is 1. The molecule has 1 aromatic heterocycles. The Bertz CT molecular complexity index is 511. The van der Waals surface area contributed by atoms with E-state index in [0.29, 0.717) is 0 Å². The van der Waals surface area contributed by atoms with Crippen molar-refractivity contribution < 1.29 is 9.53 Å². The summed E-state index contributed by atoms with van der Waals surface area (Å²) >= 11 is 0. The van der Waals surface area contributed by atoms with Gasteiger partial charge in [-0.2, -0.15) is 0 Å². The van der Waals surface area contributed by atoms with Crippen molar-refractivity contribution in [1.82, 2.24) is 15.6 Å². The predicted molar refractivity (Wildman–Crippen MR) is 86.6 cm³/mol. The van der Waals surface area contributed by atoms with Gasteiger partial charge in [-0.25, -0.2) is 4.79 Å². The van der Waals surface area contributed by atoms with Gasteiger partial charge >= 0.3 is 6.09 Å². The van der Waals surface area contributed by atoms with Crippen LogP contribution in [0.5, 0.6) is 0 Å². The van der Waals surface area contributed by atoms with Crippen molar-refractivity contribution in [3.8, 4) is 0 Å². The first-order valence-corrected chi connectivity index (χ1v) is 7.99. The molecule has 2 rings (SSSR count). The van der Waals surface area contributed by atoms with E-state index in [9.17, 15) is 4.79 Å². The quantitative estimate of drug-likeness (QED) is 0.898. The van der Waals surface area contributed by atoms with Crippen molar-refractivity contribution in [3.05, 3.63) is 29.6 Å². The molecule has 1 aromatic rings. The normalized spacial score (nSPS) is 21.6. The third kappa shape index (κ3) is 5.30. The second kappa shape index (κ2) is 7.09. The van der Waals surface area contributed by atoms with Crippen LogP contribution in [0.3, 0.4) is 0 Å². The summed E-state index contributed by atoms with van der Waals surface area (Å²) in [5, 5.41) is 6.50. The van der Waals surface area contributed by atoms with Crippen molar-refractivity contribution in [2.45, 2.75) is 71.2 Å². The molecule has 2 unspecified atom stereocenters. The van der Waals surface area contributed by atoms with E-state index in [1.807, 2.05) is 45.9 Å². The first-order valence-electron chi connectivity index (χ1n) is 7.99. The highest BCUT2D eigenvalue weighted by Gasteiger charge is 2.29. The van der Waals surface area contributed by atoms with Crippen LogP contribution in [0.15, 0.2) is 18.2 Å². The van der Waals surface area contributed by atoms with Gasteiger partial charge in [-0.1, -0.05) is 6.07 Å². The molecule has 1 heterocycles. The van der Waals surface area contributed by atoms with Crippen LogP contribution in [0.2, 0.25) is 0 Å². The first-order chi connectivity index (χ1) is 10.3. The van der Waals surface area contributed by atoms with E-state index in [1.165, 1.54) is 0 Å². The number of carbonyl (C=O) groups excluding carboxylic acids is 1. The Balaban J connectivity index is 1.84. The second-order valence-corrected chi connectivity index (χ2v) is 6.94. The molecule has 1 aliphatic rings. The average Bonchev–Trinajstić information content (AvgIpc) is 2.81. The molecule has 0 bridgehead atoms. The summed E-state index contributed by atoms with van der Waals surface area (Å²) in [5.41, 5.74) is 1.59. The van der Waals surface area contributed by atoms with Crippen molar-refractivity contribution in [3.63, 3.8) is 0 Å². The van der Waals surface area contributed by atoms with Crippen LogP contribution in [0.25, 0.3) is 0 Å². The number of carbonyl (C=O) groups is 1. The number of nitrogens with zero attached hydrogens (tertiary/aromatic N) is 1. The SMILES string of the molecule is Cc1cccc(CNC2CCCC2NC(=O)OC(C)(C)C)n1. The maximum Gasteiger partial charge on any atom is 0.407 e. The van der Waals surface area contributed by atoms with Gasteiger partial charge in [-0.05, 0) is 59.1 Å². The molecule has 0 aliphatic heterocycles. The molecular weight excluding hydrogens is 278 g/mol. The second-order valence-electron chi connectivity index (χ2n) is 6.94. The molecule has 5 heteroatoms. The Morgan fingerprint density at radius 2 is 2.05 bits per heavy atom. The number of alkyl carbamates (subject to hydrolysis) is 1. The van der Waals surface area contributed by atoms with E-state index in [4.69, 9.17) is 4.74 Å². The summed E-state index contributed by atoms with van der Waals surface area (Å²) in [6.07, 6.45) is 2.82. The zero-order chi connectivity index (χ0) is 16.2. The molecular formula is C17H27N3O2. The molecule has 0 saturated heterocycles. The summed E-state index contributed by atoms with van der Waals surface area (Å²) in [5.74, 6) is 0. The maximum atomic E-state index is 11.9. The lowest BCUT2D eigenvalue weighted by atomic mass is 10.1. The molecule has 2 N–H and O–H groups in total. The molecule has 2 atom stereocenters. The van der Waals surface area contributed by atoms with Crippen LogP contribution in [0.4, 0.5) is 4.79 Å². The van der Waals surface area contributed by atoms with E-state index >= 15 is 0 Å². The van der Waals surface area contributed by atoms with Crippen LogP contribution in [-0.4, -0.2) is 28.8 Å². The topological polar surface area (TPSA) is 63.2 Å². The molecule has 5 nitrogen and oxygen atoms in total. The van der Waals surface area contributed by atoms with E-state index in [0.717, 1.165) is 37.2 Å². The first kappa shape index (κ1) is 16.7. The van der Waals surface area contributed by atoms with E-state index in [-0.39, 0.29) is 18.2 Å².